The molecule has 0 radical (unpaired) electrons. The maximum absolute atomic E-state index is 13.3. The Morgan fingerprint density at radius 2 is 1.85 bits per heavy atom. The minimum Gasteiger partial charge on any atom is -0.387 e. The number of fused-ring (bicyclic) bond motifs is 1. The number of aromatic amines is 1. The number of para-hydroxylation sites is 1. The number of pyridine rings is 1. The molecule has 0 fully saturated rings. The van der Waals surface area contributed by atoms with Crippen LogP contribution in [0, 0.1) is 6.92 Å². The predicted octanol–water partition coefficient (Wildman–Crippen LogP) is 4.78. The van der Waals surface area contributed by atoms with Gasteiger partial charge in [-0.15, -0.1) is 0 Å². The van der Waals surface area contributed by atoms with Crippen LogP contribution < -0.4 is 16.1 Å². The average Bonchev–Trinajstić information content (AvgIpc) is 2.64. The van der Waals surface area contributed by atoms with E-state index in [1.807, 2.05) is 43.3 Å². The molecule has 0 aliphatic carbocycles. The molecule has 0 spiro atoms. The Bertz CT molecular complexity index is 1070. The lowest BCUT2D eigenvalue weighted by atomic mass is 10.0. The maximum Gasteiger partial charge on any atom is 0.204 e. The van der Waals surface area contributed by atoms with E-state index in [9.17, 15) is 9.59 Å². The van der Waals surface area contributed by atoms with E-state index in [1.54, 1.807) is 7.05 Å². The first-order valence-corrected chi connectivity index (χ1v) is 9.21. The van der Waals surface area contributed by atoms with Gasteiger partial charge >= 0.3 is 0 Å². The smallest absolute Gasteiger partial charge is 0.204 e. The first kappa shape index (κ1) is 18.7. The summed E-state index contributed by atoms with van der Waals surface area (Å²) in [5.41, 5.74) is 4.34. The predicted molar refractivity (Wildman–Crippen MR) is 113 cm³/mol. The molecule has 0 saturated carbocycles. The fourth-order valence-corrected chi connectivity index (χ4v) is 3.41. The van der Waals surface area contributed by atoms with Crippen LogP contribution >= 0.6 is 0 Å². The van der Waals surface area contributed by atoms with Crippen molar-refractivity contribution >= 4 is 33.9 Å². The van der Waals surface area contributed by atoms with Gasteiger partial charge in [0, 0.05) is 18.4 Å². The number of carbonyl (C=O) groups excluding carboxylic acids is 1. The lowest BCUT2D eigenvalue weighted by Crippen LogP contribution is -2.19. The largest absolute Gasteiger partial charge is 0.387 e. The summed E-state index contributed by atoms with van der Waals surface area (Å²) >= 11 is 0. The van der Waals surface area contributed by atoms with Gasteiger partial charge in [-0.05, 0) is 43.5 Å². The molecule has 2 aromatic carbocycles. The number of nitrogens with one attached hydrogen (secondary N) is 3. The van der Waals surface area contributed by atoms with Crippen molar-refractivity contribution < 1.29 is 4.79 Å². The van der Waals surface area contributed by atoms with E-state index in [4.69, 9.17) is 0 Å². The van der Waals surface area contributed by atoms with Gasteiger partial charge in [0.1, 0.15) is 11.4 Å². The lowest BCUT2D eigenvalue weighted by Gasteiger charge is -2.17. The van der Waals surface area contributed by atoms with Gasteiger partial charge in [0.2, 0.25) is 5.43 Å². The van der Waals surface area contributed by atoms with Crippen LogP contribution in [-0.2, 0) is 6.42 Å². The number of anilines is 3. The highest BCUT2D eigenvalue weighted by Gasteiger charge is 2.20. The van der Waals surface area contributed by atoms with E-state index in [0.29, 0.717) is 11.2 Å². The minimum atomic E-state index is -0.266. The summed E-state index contributed by atoms with van der Waals surface area (Å²) in [5, 5.41) is 6.87. The number of benzene rings is 2. The van der Waals surface area contributed by atoms with Crippen LogP contribution in [0.3, 0.4) is 0 Å². The first-order chi connectivity index (χ1) is 13.0. The van der Waals surface area contributed by atoms with Gasteiger partial charge in [0.05, 0.1) is 10.9 Å². The highest BCUT2D eigenvalue weighted by atomic mass is 16.1. The number of aryl methyl sites for hydroxylation is 2. The van der Waals surface area contributed by atoms with Gasteiger partial charge in [-0.3, -0.25) is 9.59 Å². The number of hydrogen-bond donors (Lipinski definition) is 3. The molecule has 0 atom stereocenters. The fraction of sp³-hybridized carbons (Fsp3) is 0.273. The van der Waals surface area contributed by atoms with Crippen molar-refractivity contribution in [3.63, 3.8) is 0 Å². The Kier molecular flexibility index (Phi) is 5.31. The van der Waals surface area contributed by atoms with Gasteiger partial charge in [-0.2, -0.15) is 0 Å². The van der Waals surface area contributed by atoms with E-state index < -0.39 is 0 Å². The van der Waals surface area contributed by atoms with E-state index in [1.165, 1.54) is 6.92 Å². The van der Waals surface area contributed by atoms with Crippen LogP contribution in [0.25, 0.3) is 10.9 Å². The van der Waals surface area contributed by atoms with Crippen LogP contribution in [0.5, 0.6) is 0 Å². The molecule has 3 N–H and O–H groups in total. The molecule has 1 heterocycles. The third-order valence-corrected chi connectivity index (χ3v) is 4.79. The topological polar surface area (TPSA) is 74.0 Å². The number of H-pyrrole nitrogens is 1. The summed E-state index contributed by atoms with van der Waals surface area (Å²) in [7, 11) is 1.78. The summed E-state index contributed by atoms with van der Waals surface area (Å²) in [6.07, 6.45) is 1.81. The zero-order valence-electron chi connectivity index (χ0n) is 16.2. The normalized spacial score (nSPS) is 10.8. The second-order valence-electron chi connectivity index (χ2n) is 6.72. The molecule has 5 heteroatoms. The molecular formula is C22H25N3O2. The SMILES string of the molecule is CCCc1ccc(NC)c2c(=O)c(C(C)=O)c(Nc3ccccc3C)[nH]c12. The van der Waals surface area contributed by atoms with Crippen molar-refractivity contribution in [3.05, 3.63) is 63.3 Å². The van der Waals surface area contributed by atoms with Crippen LogP contribution in [0.15, 0.2) is 41.2 Å². The number of hydrogen-bond acceptors (Lipinski definition) is 4. The van der Waals surface area contributed by atoms with Crippen molar-refractivity contribution in [2.75, 3.05) is 17.7 Å². The summed E-state index contributed by atoms with van der Waals surface area (Å²) in [5.74, 6) is 0.178. The van der Waals surface area contributed by atoms with Gasteiger partial charge in [-0.25, -0.2) is 0 Å². The number of rotatable bonds is 6. The molecule has 5 nitrogen and oxygen atoms in total. The van der Waals surface area contributed by atoms with Crippen molar-refractivity contribution in [2.24, 2.45) is 0 Å². The Morgan fingerprint density at radius 1 is 1.11 bits per heavy atom. The second kappa shape index (κ2) is 7.66. The minimum absolute atomic E-state index is 0.149. The summed E-state index contributed by atoms with van der Waals surface area (Å²) in [4.78, 5) is 29.0. The van der Waals surface area contributed by atoms with Gasteiger partial charge in [0.25, 0.3) is 0 Å². The van der Waals surface area contributed by atoms with Crippen molar-refractivity contribution in [2.45, 2.75) is 33.6 Å². The fourth-order valence-electron chi connectivity index (χ4n) is 3.41. The molecule has 0 unspecified atom stereocenters. The third kappa shape index (κ3) is 3.45. The van der Waals surface area contributed by atoms with Crippen LogP contribution in [0.4, 0.5) is 17.2 Å². The molecule has 0 aliphatic heterocycles. The monoisotopic (exact) mass is 363 g/mol. The Morgan fingerprint density at radius 3 is 2.48 bits per heavy atom. The van der Waals surface area contributed by atoms with Crippen molar-refractivity contribution in [3.8, 4) is 0 Å². The van der Waals surface area contributed by atoms with Crippen molar-refractivity contribution in [1.82, 2.24) is 4.98 Å². The molecule has 1 aromatic heterocycles. The maximum atomic E-state index is 13.3. The van der Waals surface area contributed by atoms with Gasteiger partial charge in [0.15, 0.2) is 5.78 Å². The molecule has 0 aliphatic rings. The number of ketones is 1. The van der Waals surface area contributed by atoms with Gasteiger partial charge in [-0.1, -0.05) is 37.6 Å². The summed E-state index contributed by atoms with van der Waals surface area (Å²) in [6, 6.07) is 11.7. The molecule has 140 valence electrons. The molecule has 27 heavy (non-hydrogen) atoms. The Balaban J connectivity index is 2.34. The third-order valence-electron chi connectivity index (χ3n) is 4.79. The van der Waals surface area contributed by atoms with Crippen LogP contribution in [0.2, 0.25) is 0 Å². The van der Waals surface area contributed by atoms with Gasteiger partial charge < -0.3 is 15.6 Å². The molecule has 0 bridgehead atoms. The molecule has 0 amide bonds. The zero-order valence-corrected chi connectivity index (χ0v) is 16.2. The standard InChI is InChI=1S/C22H25N3O2/c1-5-8-15-11-12-17(23-4)19-20(15)25-22(18(14(3)26)21(19)27)24-16-10-7-6-9-13(16)2/h6-7,9-12,23H,5,8H2,1-4H3,(H2,24,25,27). The average molecular weight is 363 g/mol. The molecular weight excluding hydrogens is 338 g/mol. The van der Waals surface area contributed by atoms with Crippen LogP contribution in [0.1, 0.15) is 41.8 Å². The second-order valence-corrected chi connectivity index (χ2v) is 6.72. The number of aromatic nitrogens is 1. The highest BCUT2D eigenvalue weighted by Crippen LogP contribution is 2.28. The van der Waals surface area contributed by atoms with Crippen LogP contribution in [-0.4, -0.2) is 17.8 Å². The highest BCUT2D eigenvalue weighted by molar-refractivity contribution is 6.05. The number of Topliss-reactive ketones (excluding diaryl/α,β-unsaturated/α-hetero) is 1. The molecule has 3 rings (SSSR count). The van der Waals surface area contributed by atoms with Crippen molar-refractivity contribution in [1.29, 1.82) is 0 Å². The number of carbonyl (C=O) groups is 1. The molecule has 0 saturated heterocycles. The summed E-state index contributed by atoms with van der Waals surface area (Å²) in [6.45, 7) is 5.51. The quantitative estimate of drug-likeness (QED) is 0.551. The lowest BCUT2D eigenvalue weighted by molar-refractivity contribution is 0.101. The van der Waals surface area contributed by atoms with E-state index >= 15 is 0 Å². The summed E-state index contributed by atoms with van der Waals surface area (Å²) < 4.78 is 0. The van der Waals surface area contributed by atoms with E-state index in [-0.39, 0.29) is 16.8 Å². The Labute approximate surface area is 158 Å². The molecule has 3 aromatic rings. The Hall–Kier alpha value is -3.08. The van der Waals surface area contributed by atoms with E-state index in [0.717, 1.165) is 40.9 Å². The first-order valence-electron chi connectivity index (χ1n) is 9.21. The zero-order chi connectivity index (χ0) is 19.6. The van der Waals surface area contributed by atoms with E-state index in [2.05, 4.69) is 22.5 Å².